The van der Waals surface area contributed by atoms with E-state index in [1.54, 1.807) is 5.56 Å². The van der Waals surface area contributed by atoms with Gasteiger partial charge in [-0.15, -0.1) is 0 Å². The molecule has 0 aromatic heterocycles. The van der Waals surface area contributed by atoms with Crippen molar-refractivity contribution in [3.8, 4) is 0 Å². The summed E-state index contributed by atoms with van der Waals surface area (Å²) in [6.45, 7) is 1.14. The predicted molar refractivity (Wildman–Crippen MR) is 56.8 cm³/mol. The molecule has 1 aromatic rings. The average molecular weight is 238 g/mol. The molecule has 68 valence electrons. The molecule has 13 heavy (non-hydrogen) atoms. The van der Waals surface area contributed by atoms with E-state index in [9.17, 15) is 0 Å². The molecule has 0 bridgehead atoms. The van der Waals surface area contributed by atoms with E-state index in [0.29, 0.717) is 5.54 Å². The van der Waals surface area contributed by atoms with E-state index < -0.39 is 0 Å². The minimum absolute atomic E-state index is 0.383. The van der Waals surface area contributed by atoms with Crippen molar-refractivity contribution in [2.75, 3.05) is 6.54 Å². The van der Waals surface area contributed by atoms with Crippen LogP contribution in [0.2, 0.25) is 0 Å². The SMILES string of the molecule is Brc1ccc2c(c1)CCNC21CC1. The number of fused-ring (bicyclic) bond motifs is 2. The van der Waals surface area contributed by atoms with Gasteiger partial charge in [-0.25, -0.2) is 0 Å². The highest BCUT2D eigenvalue weighted by atomic mass is 79.9. The molecular weight excluding hydrogens is 226 g/mol. The molecule has 0 saturated heterocycles. The molecule has 1 N–H and O–H groups in total. The maximum absolute atomic E-state index is 3.63. The summed E-state index contributed by atoms with van der Waals surface area (Å²) in [5.41, 5.74) is 3.46. The maximum atomic E-state index is 3.63. The first-order valence-corrected chi connectivity index (χ1v) is 5.63. The molecule has 0 radical (unpaired) electrons. The second kappa shape index (κ2) is 2.58. The summed E-state index contributed by atoms with van der Waals surface area (Å²) in [5, 5.41) is 3.63. The highest BCUT2D eigenvalue weighted by Gasteiger charge is 2.46. The largest absolute Gasteiger partial charge is 0.307 e. The zero-order valence-electron chi connectivity index (χ0n) is 7.44. The van der Waals surface area contributed by atoms with Crippen molar-refractivity contribution in [3.63, 3.8) is 0 Å². The summed E-state index contributed by atoms with van der Waals surface area (Å²) < 4.78 is 1.21. The summed E-state index contributed by atoms with van der Waals surface area (Å²) in [5.74, 6) is 0. The fourth-order valence-corrected chi connectivity index (χ4v) is 2.75. The Labute approximate surface area is 86.7 Å². The van der Waals surface area contributed by atoms with Gasteiger partial charge in [-0.05, 0) is 42.5 Å². The first-order valence-electron chi connectivity index (χ1n) is 4.84. The lowest BCUT2D eigenvalue weighted by Crippen LogP contribution is -2.36. The standard InChI is InChI=1S/C11H12BrN/c12-9-1-2-10-8(7-9)3-6-13-11(10)4-5-11/h1-2,7,13H,3-6H2. The van der Waals surface area contributed by atoms with E-state index in [4.69, 9.17) is 0 Å². The van der Waals surface area contributed by atoms with Crippen LogP contribution in [0.3, 0.4) is 0 Å². The fraction of sp³-hybridized carbons (Fsp3) is 0.455. The zero-order valence-corrected chi connectivity index (χ0v) is 9.02. The fourth-order valence-electron chi connectivity index (χ4n) is 2.34. The van der Waals surface area contributed by atoms with Crippen LogP contribution in [0.25, 0.3) is 0 Å². The Morgan fingerprint density at radius 1 is 1.31 bits per heavy atom. The minimum Gasteiger partial charge on any atom is -0.307 e. The zero-order chi connectivity index (χ0) is 8.89. The van der Waals surface area contributed by atoms with Gasteiger partial charge in [0.15, 0.2) is 0 Å². The molecule has 2 aliphatic rings. The molecule has 1 fully saturated rings. The number of halogens is 1. The van der Waals surface area contributed by atoms with Gasteiger partial charge >= 0.3 is 0 Å². The first-order chi connectivity index (χ1) is 6.30. The Morgan fingerprint density at radius 3 is 2.92 bits per heavy atom. The lowest BCUT2D eigenvalue weighted by Gasteiger charge is -2.26. The van der Waals surface area contributed by atoms with Gasteiger partial charge in [0.2, 0.25) is 0 Å². The Balaban J connectivity index is 2.15. The van der Waals surface area contributed by atoms with Crippen LogP contribution in [-0.2, 0) is 12.0 Å². The molecule has 1 spiro atoms. The van der Waals surface area contributed by atoms with Crippen LogP contribution in [0.5, 0.6) is 0 Å². The Bertz CT molecular complexity index is 355. The van der Waals surface area contributed by atoms with Crippen LogP contribution in [0.15, 0.2) is 22.7 Å². The monoisotopic (exact) mass is 237 g/mol. The summed E-state index contributed by atoms with van der Waals surface area (Å²) in [6, 6.07) is 6.71. The lowest BCUT2D eigenvalue weighted by atomic mass is 9.93. The maximum Gasteiger partial charge on any atom is 0.0439 e. The highest BCUT2D eigenvalue weighted by Crippen LogP contribution is 2.48. The van der Waals surface area contributed by atoms with Crippen LogP contribution in [0.1, 0.15) is 24.0 Å². The normalized spacial score (nSPS) is 22.8. The first kappa shape index (κ1) is 8.01. The number of nitrogens with one attached hydrogen (secondary N) is 1. The Hall–Kier alpha value is -0.340. The van der Waals surface area contributed by atoms with Crippen molar-refractivity contribution in [2.45, 2.75) is 24.8 Å². The molecule has 1 saturated carbocycles. The molecule has 0 amide bonds. The van der Waals surface area contributed by atoms with Gasteiger partial charge in [0.1, 0.15) is 0 Å². The van der Waals surface area contributed by atoms with Gasteiger partial charge in [0.05, 0.1) is 0 Å². The Morgan fingerprint density at radius 2 is 2.15 bits per heavy atom. The molecule has 1 aliphatic heterocycles. The number of rotatable bonds is 0. The quantitative estimate of drug-likeness (QED) is 0.732. The summed E-state index contributed by atoms with van der Waals surface area (Å²) >= 11 is 3.53. The van der Waals surface area contributed by atoms with Gasteiger partial charge in [0.25, 0.3) is 0 Å². The van der Waals surface area contributed by atoms with Gasteiger partial charge < -0.3 is 5.32 Å². The third-order valence-electron chi connectivity index (χ3n) is 3.19. The van der Waals surface area contributed by atoms with Gasteiger partial charge in [-0.2, -0.15) is 0 Å². The van der Waals surface area contributed by atoms with Crippen LogP contribution >= 0.6 is 15.9 Å². The van der Waals surface area contributed by atoms with E-state index in [1.165, 1.54) is 29.3 Å². The van der Waals surface area contributed by atoms with Gasteiger partial charge in [-0.3, -0.25) is 0 Å². The van der Waals surface area contributed by atoms with E-state index in [2.05, 4.69) is 39.4 Å². The predicted octanol–water partition coefficient (Wildman–Crippen LogP) is 2.58. The van der Waals surface area contributed by atoms with Crippen molar-refractivity contribution in [2.24, 2.45) is 0 Å². The summed E-state index contributed by atoms with van der Waals surface area (Å²) in [4.78, 5) is 0. The molecular formula is C11H12BrN. The number of hydrogen-bond acceptors (Lipinski definition) is 1. The molecule has 1 aliphatic carbocycles. The van der Waals surface area contributed by atoms with Crippen molar-refractivity contribution in [1.29, 1.82) is 0 Å². The molecule has 1 heterocycles. The van der Waals surface area contributed by atoms with Crippen LogP contribution in [0.4, 0.5) is 0 Å². The van der Waals surface area contributed by atoms with E-state index in [0.717, 1.165) is 6.54 Å². The molecule has 0 atom stereocenters. The van der Waals surface area contributed by atoms with E-state index >= 15 is 0 Å². The molecule has 2 heteroatoms. The molecule has 0 unspecified atom stereocenters. The average Bonchev–Trinajstić information content (AvgIpc) is 2.86. The summed E-state index contributed by atoms with van der Waals surface area (Å²) in [7, 11) is 0. The van der Waals surface area contributed by atoms with Gasteiger partial charge in [-0.1, -0.05) is 22.0 Å². The third-order valence-corrected chi connectivity index (χ3v) is 3.68. The van der Waals surface area contributed by atoms with Crippen LogP contribution in [0, 0.1) is 0 Å². The van der Waals surface area contributed by atoms with E-state index in [1.807, 2.05) is 0 Å². The smallest absolute Gasteiger partial charge is 0.0439 e. The van der Waals surface area contributed by atoms with Crippen LogP contribution in [-0.4, -0.2) is 6.54 Å². The van der Waals surface area contributed by atoms with Crippen molar-refractivity contribution in [3.05, 3.63) is 33.8 Å². The van der Waals surface area contributed by atoms with Crippen molar-refractivity contribution in [1.82, 2.24) is 5.32 Å². The number of hydrogen-bond donors (Lipinski definition) is 1. The second-order valence-electron chi connectivity index (χ2n) is 4.06. The third kappa shape index (κ3) is 1.16. The van der Waals surface area contributed by atoms with Crippen molar-refractivity contribution >= 4 is 15.9 Å². The van der Waals surface area contributed by atoms with Crippen LogP contribution < -0.4 is 5.32 Å². The van der Waals surface area contributed by atoms with E-state index in [-0.39, 0.29) is 0 Å². The Kier molecular flexibility index (Phi) is 1.59. The second-order valence-corrected chi connectivity index (χ2v) is 4.98. The molecule has 3 rings (SSSR count). The minimum atomic E-state index is 0.383. The van der Waals surface area contributed by atoms with Gasteiger partial charge in [0, 0.05) is 16.6 Å². The highest BCUT2D eigenvalue weighted by molar-refractivity contribution is 9.10. The topological polar surface area (TPSA) is 12.0 Å². The molecule has 1 nitrogen and oxygen atoms in total. The van der Waals surface area contributed by atoms with Crippen molar-refractivity contribution < 1.29 is 0 Å². The summed E-state index contributed by atoms with van der Waals surface area (Å²) in [6.07, 6.45) is 3.82. The number of benzene rings is 1. The lowest BCUT2D eigenvalue weighted by molar-refractivity contribution is 0.489. The molecule has 1 aromatic carbocycles.